The second-order valence-corrected chi connectivity index (χ2v) is 4.11. The molecule has 0 saturated carbocycles. The van der Waals surface area contributed by atoms with E-state index in [2.05, 4.69) is 22.9 Å². The lowest BCUT2D eigenvalue weighted by Crippen LogP contribution is -2.19. The number of alkyl halides is 1. The molecule has 0 spiro atoms. The molecule has 0 amide bonds. The average Bonchev–Trinajstić information content (AvgIpc) is 2.21. The minimum Gasteiger partial charge on any atom is -0.462 e. The summed E-state index contributed by atoms with van der Waals surface area (Å²) in [6, 6.07) is 0. The van der Waals surface area contributed by atoms with Gasteiger partial charge in [0.15, 0.2) is 0 Å². The average molecular weight is 267 g/mol. The quantitative estimate of drug-likeness (QED) is 0.385. The van der Waals surface area contributed by atoms with Gasteiger partial charge in [0.25, 0.3) is 0 Å². The molecule has 1 atom stereocenters. The Bertz CT molecular complexity index is 150. The Kier molecular flexibility index (Phi) is 9.40. The summed E-state index contributed by atoms with van der Waals surface area (Å²) < 4.78 is 10.2. The fourth-order valence-electron chi connectivity index (χ4n) is 0.807. The smallest absolute Gasteiger partial charge is 0.319 e. The maximum absolute atomic E-state index is 11.1. The molecule has 0 radical (unpaired) electrons. The summed E-state index contributed by atoms with van der Waals surface area (Å²) >= 11 is 3.22. The largest absolute Gasteiger partial charge is 0.462 e. The van der Waals surface area contributed by atoms with Gasteiger partial charge < -0.3 is 9.47 Å². The van der Waals surface area contributed by atoms with Crippen molar-refractivity contribution < 1.29 is 14.3 Å². The van der Waals surface area contributed by atoms with Crippen LogP contribution in [0.3, 0.4) is 0 Å². The van der Waals surface area contributed by atoms with Crippen LogP contribution in [0.4, 0.5) is 0 Å². The summed E-state index contributed by atoms with van der Waals surface area (Å²) in [6.45, 7) is 5.64. The van der Waals surface area contributed by atoms with E-state index in [4.69, 9.17) is 9.47 Å². The van der Waals surface area contributed by atoms with Crippen LogP contribution in [-0.2, 0) is 14.3 Å². The highest BCUT2D eigenvalue weighted by Crippen LogP contribution is 2.05. The van der Waals surface area contributed by atoms with Gasteiger partial charge in [-0.1, -0.05) is 36.2 Å². The first-order valence-electron chi connectivity index (χ1n) is 5.10. The minimum atomic E-state index is -0.202. The monoisotopic (exact) mass is 266 g/mol. The van der Waals surface area contributed by atoms with Crippen molar-refractivity contribution in [3.05, 3.63) is 0 Å². The number of ether oxygens (including phenoxy) is 2. The molecule has 14 heavy (non-hydrogen) atoms. The second kappa shape index (κ2) is 9.46. The molecular weight excluding hydrogens is 248 g/mol. The Labute approximate surface area is 94.3 Å². The fourth-order valence-corrected chi connectivity index (χ4v) is 0.939. The van der Waals surface area contributed by atoms with Gasteiger partial charge in [-0.15, -0.1) is 0 Å². The van der Waals surface area contributed by atoms with E-state index in [9.17, 15) is 4.79 Å². The number of carbonyl (C=O) groups excluding carboxylic acids is 1. The van der Waals surface area contributed by atoms with Crippen LogP contribution in [0.1, 0.15) is 33.1 Å². The molecule has 0 N–H and O–H groups in total. The van der Waals surface area contributed by atoms with Crippen molar-refractivity contribution in [2.24, 2.45) is 0 Å². The lowest BCUT2D eigenvalue weighted by molar-refractivity contribution is -0.144. The van der Waals surface area contributed by atoms with Crippen LogP contribution in [0.15, 0.2) is 0 Å². The summed E-state index contributed by atoms with van der Waals surface area (Å²) in [6.07, 6.45) is 2.93. The van der Waals surface area contributed by atoms with Crippen molar-refractivity contribution in [3.8, 4) is 0 Å². The predicted octanol–water partition coefficient (Wildman–Crippen LogP) is 2.52. The molecule has 0 rings (SSSR count). The van der Waals surface area contributed by atoms with E-state index >= 15 is 0 Å². The highest BCUT2D eigenvalue weighted by Gasteiger charge is 2.12. The number of carbonyl (C=O) groups is 1. The molecule has 0 aliphatic rings. The summed E-state index contributed by atoms with van der Waals surface area (Å²) in [5, 5.41) is 0. The standard InChI is InChI=1S/C10H19BrO3/c1-3-5-6-13-7-8-14-10(12)9(11)4-2/h9H,3-8H2,1-2H3/t9-/m1/s1. The first kappa shape index (κ1) is 13.9. The van der Waals surface area contributed by atoms with Crippen molar-refractivity contribution >= 4 is 21.9 Å². The van der Waals surface area contributed by atoms with E-state index in [0.717, 1.165) is 25.9 Å². The normalized spacial score (nSPS) is 12.5. The Morgan fingerprint density at radius 2 is 2.00 bits per heavy atom. The number of esters is 1. The number of rotatable bonds is 8. The molecule has 0 saturated heterocycles. The van der Waals surface area contributed by atoms with E-state index in [1.54, 1.807) is 0 Å². The molecule has 0 unspecified atom stereocenters. The van der Waals surface area contributed by atoms with Gasteiger partial charge in [-0.2, -0.15) is 0 Å². The number of hydrogen-bond acceptors (Lipinski definition) is 3. The SMILES string of the molecule is CCCCOCCOC(=O)[C@H](Br)CC. The van der Waals surface area contributed by atoms with Gasteiger partial charge in [0.2, 0.25) is 0 Å². The Morgan fingerprint density at radius 1 is 1.29 bits per heavy atom. The van der Waals surface area contributed by atoms with Gasteiger partial charge in [0.1, 0.15) is 11.4 Å². The van der Waals surface area contributed by atoms with Crippen LogP contribution >= 0.6 is 15.9 Å². The number of halogens is 1. The van der Waals surface area contributed by atoms with Crippen molar-refractivity contribution in [1.29, 1.82) is 0 Å². The van der Waals surface area contributed by atoms with Gasteiger partial charge in [-0.05, 0) is 12.8 Å². The van der Waals surface area contributed by atoms with Gasteiger partial charge in [0, 0.05) is 6.61 Å². The maximum atomic E-state index is 11.1. The Balaban J connectivity index is 3.23. The third-order valence-corrected chi connectivity index (χ3v) is 2.75. The molecular formula is C10H19BrO3. The van der Waals surface area contributed by atoms with Crippen LogP contribution in [0, 0.1) is 0 Å². The van der Waals surface area contributed by atoms with E-state index in [1.807, 2.05) is 6.92 Å². The van der Waals surface area contributed by atoms with Gasteiger partial charge in [-0.3, -0.25) is 4.79 Å². The molecule has 0 bridgehead atoms. The third-order valence-electron chi connectivity index (χ3n) is 1.73. The molecule has 84 valence electrons. The van der Waals surface area contributed by atoms with Gasteiger partial charge in [-0.25, -0.2) is 0 Å². The maximum Gasteiger partial charge on any atom is 0.319 e. The molecule has 0 aromatic rings. The third kappa shape index (κ3) is 7.33. The van der Waals surface area contributed by atoms with Crippen molar-refractivity contribution in [1.82, 2.24) is 0 Å². The van der Waals surface area contributed by atoms with Gasteiger partial charge >= 0.3 is 5.97 Å². The first-order chi connectivity index (χ1) is 6.72. The van der Waals surface area contributed by atoms with Crippen LogP contribution in [0.5, 0.6) is 0 Å². The van der Waals surface area contributed by atoms with Crippen LogP contribution in [0.25, 0.3) is 0 Å². The zero-order valence-corrected chi connectivity index (χ0v) is 10.5. The highest BCUT2D eigenvalue weighted by molar-refractivity contribution is 9.10. The van der Waals surface area contributed by atoms with Crippen molar-refractivity contribution in [2.75, 3.05) is 19.8 Å². The molecule has 0 aromatic carbocycles. The molecule has 0 aromatic heterocycles. The summed E-state index contributed by atoms with van der Waals surface area (Å²) in [7, 11) is 0. The zero-order valence-electron chi connectivity index (χ0n) is 8.92. The Morgan fingerprint density at radius 3 is 2.57 bits per heavy atom. The molecule has 0 aliphatic carbocycles. The second-order valence-electron chi connectivity index (χ2n) is 3.01. The predicted molar refractivity (Wildman–Crippen MR) is 59.7 cm³/mol. The van der Waals surface area contributed by atoms with E-state index in [1.165, 1.54) is 0 Å². The van der Waals surface area contributed by atoms with E-state index in [0.29, 0.717) is 13.2 Å². The lowest BCUT2D eigenvalue weighted by Gasteiger charge is -2.08. The number of hydrogen-bond donors (Lipinski definition) is 0. The van der Waals surface area contributed by atoms with Crippen LogP contribution in [0.2, 0.25) is 0 Å². The first-order valence-corrected chi connectivity index (χ1v) is 6.02. The van der Waals surface area contributed by atoms with Crippen LogP contribution < -0.4 is 0 Å². The highest BCUT2D eigenvalue weighted by atomic mass is 79.9. The summed E-state index contributed by atoms with van der Waals surface area (Å²) in [5.41, 5.74) is 0. The van der Waals surface area contributed by atoms with E-state index < -0.39 is 0 Å². The molecule has 0 fully saturated rings. The number of unbranched alkanes of at least 4 members (excludes halogenated alkanes) is 1. The minimum absolute atomic E-state index is 0.182. The molecule has 0 aliphatic heterocycles. The zero-order chi connectivity index (χ0) is 10.8. The van der Waals surface area contributed by atoms with Crippen LogP contribution in [-0.4, -0.2) is 30.6 Å². The lowest BCUT2D eigenvalue weighted by atomic mass is 10.3. The molecule has 3 nitrogen and oxygen atoms in total. The fraction of sp³-hybridized carbons (Fsp3) is 0.900. The Hall–Kier alpha value is -0.0900. The van der Waals surface area contributed by atoms with E-state index in [-0.39, 0.29) is 10.8 Å². The summed E-state index contributed by atoms with van der Waals surface area (Å²) in [5.74, 6) is -0.202. The van der Waals surface area contributed by atoms with Gasteiger partial charge in [0.05, 0.1) is 6.61 Å². The summed E-state index contributed by atoms with van der Waals surface area (Å²) in [4.78, 5) is 11.0. The topological polar surface area (TPSA) is 35.5 Å². The van der Waals surface area contributed by atoms with Crippen molar-refractivity contribution in [3.63, 3.8) is 0 Å². The molecule has 4 heteroatoms. The molecule has 0 heterocycles. The van der Waals surface area contributed by atoms with Crippen molar-refractivity contribution in [2.45, 2.75) is 37.9 Å².